The van der Waals surface area contributed by atoms with Crippen molar-refractivity contribution in [1.29, 1.82) is 0 Å². The van der Waals surface area contributed by atoms with E-state index >= 15 is 0 Å². The van der Waals surface area contributed by atoms with Crippen LogP contribution in [0.25, 0.3) is 10.9 Å². The Morgan fingerprint density at radius 3 is 2.56 bits per heavy atom. The molecule has 1 fully saturated rings. The summed E-state index contributed by atoms with van der Waals surface area (Å²) in [5, 5.41) is 1.68. The van der Waals surface area contributed by atoms with E-state index in [1.54, 1.807) is 12.0 Å². The molecular weight excluding hydrogens is 534 g/mol. The van der Waals surface area contributed by atoms with Crippen molar-refractivity contribution in [3.63, 3.8) is 0 Å². The van der Waals surface area contributed by atoms with Gasteiger partial charge in [0.25, 0.3) is 5.91 Å². The highest BCUT2D eigenvalue weighted by molar-refractivity contribution is 9.10. The molecule has 3 aromatic carbocycles. The number of carbonyl (C=O) groups is 1. The smallest absolute Gasteiger partial charge is 0.256 e. The number of fused-ring (bicyclic) bond motifs is 4. The van der Waals surface area contributed by atoms with Crippen LogP contribution in [0.3, 0.4) is 0 Å². The molecule has 1 amide bonds. The fourth-order valence-electron chi connectivity index (χ4n) is 5.63. The van der Waals surface area contributed by atoms with Gasteiger partial charge in [-0.1, -0.05) is 60.1 Å². The topological polar surface area (TPSA) is 48.6 Å². The van der Waals surface area contributed by atoms with E-state index < -0.39 is 0 Å². The van der Waals surface area contributed by atoms with Crippen LogP contribution in [0.1, 0.15) is 48.2 Å². The zero-order valence-corrected chi connectivity index (χ0v) is 22.7. The number of hydrogen-bond donors (Lipinski definition) is 1. The maximum absolute atomic E-state index is 14.1. The van der Waals surface area contributed by atoms with Crippen molar-refractivity contribution < 1.29 is 9.53 Å². The fourth-order valence-corrected chi connectivity index (χ4v) is 6.41. The van der Waals surface area contributed by atoms with Gasteiger partial charge in [0.05, 0.1) is 18.8 Å². The number of hydrogen-bond acceptors (Lipinski definition) is 3. The number of anilines is 1. The van der Waals surface area contributed by atoms with E-state index in [4.69, 9.17) is 17.0 Å². The van der Waals surface area contributed by atoms with Gasteiger partial charge in [-0.05, 0) is 71.2 Å². The van der Waals surface area contributed by atoms with Gasteiger partial charge in [0.15, 0.2) is 5.11 Å². The summed E-state index contributed by atoms with van der Waals surface area (Å²) in [6, 6.07) is 21.8. The van der Waals surface area contributed by atoms with Crippen LogP contribution in [0, 0.1) is 0 Å². The van der Waals surface area contributed by atoms with Gasteiger partial charge in [0.2, 0.25) is 0 Å². The number of nitrogens with zero attached hydrogens (tertiary/aromatic N) is 2. The lowest BCUT2D eigenvalue weighted by Gasteiger charge is -2.37. The molecule has 36 heavy (non-hydrogen) atoms. The molecule has 3 heterocycles. The molecule has 0 aliphatic carbocycles. The van der Waals surface area contributed by atoms with Gasteiger partial charge in [-0.15, -0.1) is 0 Å². The molecule has 0 bridgehead atoms. The van der Waals surface area contributed by atoms with Crippen LogP contribution in [0.2, 0.25) is 0 Å². The van der Waals surface area contributed by atoms with Crippen LogP contribution in [-0.2, 0) is 11.2 Å². The van der Waals surface area contributed by atoms with E-state index in [0.29, 0.717) is 11.5 Å². The molecular formula is C29H26BrN3O2S. The van der Waals surface area contributed by atoms with E-state index in [2.05, 4.69) is 70.0 Å². The summed E-state index contributed by atoms with van der Waals surface area (Å²) in [4.78, 5) is 21.7. The van der Waals surface area contributed by atoms with Crippen LogP contribution in [0.15, 0.2) is 71.2 Å². The van der Waals surface area contributed by atoms with Crippen LogP contribution in [-0.4, -0.2) is 34.1 Å². The molecule has 1 aromatic heterocycles. The SMILES string of the molecule is COc1ccc(C2c3[nH]c4ccc(Br)cc4c3CC3C(=O)N(c4ccccc4C(C)C)C(=S)N32)cc1. The number of H-pyrrole nitrogens is 1. The first kappa shape index (κ1) is 23.3. The highest BCUT2D eigenvalue weighted by Gasteiger charge is 2.51. The summed E-state index contributed by atoms with van der Waals surface area (Å²) < 4.78 is 6.42. The quantitative estimate of drug-likeness (QED) is 0.282. The van der Waals surface area contributed by atoms with E-state index in [1.807, 2.05) is 36.4 Å². The minimum Gasteiger partial charge on any atom is -0.497 e. The highest BCUT2D eigenvalue weighted by Crippen LogP contribution is 2.46. The van der Waals surface area contributed by atoms with Crippen molar-refractivity contribution >= 4 is 55.8 Å². The van der Waals surface area contributed by atoms with Crippen molar-refractivity contribution in [3.8, 4) is 5.75 Å². The maximum Gasteiger partial charge on any atom is 0.256 e. The minimum atomic E-state index is -0.379. The number of thiocarbonyl (C=S) groups is 1. The van der Waals surface area contributed by atoms with E-state index in [9.17, 15) is 4.79 Å². The molecule has 182 valence electrons. The van der Waals surface area contributed by atoms with Crippen molar-refractivity contribution in [2.75, 3.05) is 12.0 Å². The number of amides is 1. The summed E-state index contributed by atoms with van der Waals surface area (Å²) in [7, 11) is 1.66. The van der Waals surface area contributed by atoms with Gasteiger partial charge in [-0.25, -0.2) is 0 Å². The normalized spacial score (nSPS) is 19.2. The zero-order valence-electron chi connectivity index (χ0n) is 20.3. The Hall–Kier alpha value is -3.16. The minimum absolute atomic E-state index is 0.0293. The third-order valence-corrected chi connectivity index (χ3v) is 8.22. The van der Waals surface area contributed by atoms with E-state index in [-0.39, 0.29) is 23.9 Å². The lowest BCUT2D eigenvalue weighted by Crippen LogP contribution is -2.44. The second-order valence-electron chi connectivity index (χ2n) is 9.68. The van der Waals surface area contributed by atoms with Crippen LogP contribution >= 0.6 is 28.1 Å². The Kier molecular flexibility index (Phi) is 5.65. The second kappa shape index (κ2) is 8.75. The first-order valence-corrected chi connectivity index (χ1v) is 13.3. The summed E-state index contributed by atoms with van der Waals surface area (Å²) >= 11 is 9.71. The molecule has 6 rings (SSSR count). The van der Waals surface area contributed by atoms with Gasteiger partial charge < -0.3 is 14.6 Å². The maximum atomic E-state index is 14.1. The van der Waals surface area contributed by atoms with Crippen LogP contribution < -0.4 is 9.64 Å². The van der Waals surface area contributed by atoms with Gasteiger partial charge in [-0.3, -0.25) is 9.69 Å². The number of ether oxygens (including phenoxy) is 1. The second-order valence-corrected chi connectivity index (χ2v) is 11.0. The number of aromatic amines is 1. The Labute approximate surface area is 224 Å². The average molecular weight is 561 g/mol. The molecule has 0 radical (unpaired) electrons. The van der Waals surface area contributed by atoms with Crippen molar-refractivity contribution in [1.82, 2.24) is 9.88 Å². The highest BCUT2D eigenvalue weighted by atomic mass is 79.9. The molecule has 0 spiro atoms. The van der Waals surface area contributed by atoms with Gasteiger partial charge >= 0.3 is 0 Å². The first-order chi connectivity index (χ1) is 17.4. The number of nitrogens with one attached hydrogen (secondary N) is 1. The molecule has 2 aliphatic rings. The summed E-state index contributed by atoms with van der Waals surface area (Å²) in [6.07, 6.45) is 0.595. The predicted molar refractivity (Wildman–Crippen MR) is 151 cm³/mol. The average Bonchev–Trinajstić information content (AvgIpc) is 3.36. The lowest BCUT2D eigenvalue weighted by molar-refractivity contribution is -0.120. The Balaban J connectivity index is 1.54. The summed E-state index contributed by atoms with van der Waals surface area (Å²) in [6.45, 7) is 4.29. The zero-order chi connectivity index (χ0) is 25.1. The first-order valence-electron chi connectivity index (χ1n) is 12.1. The number of halogens is 1. The monoisotopic (exact) mass is 559 g/mol. The van der Waals surface area contributed by atoms with Crippen LogP contribution in [0.4, 0.5) is 5.69 Å². The Morgan fingerprint density at radius 1 is 1.08 bits per heavy atom. The molecule has 7 heteroatoms. The van der Waals surface area contributed by atoms with Gasteiger partial charge in [0.1, 0.15) is 11.8 Å². The standard InChI is InChI=1S/C29H26BrN3O2S/c1-16(2)20-6-4-5-7-24(20)33-28(34)25-15-22-21-14-18(30)10-13-23(21)31-26(22)27(32(25)29(33)36)17-8-11-19(35-3)12-9-17/h4-14,16,25,27,31H,15H2,1-3H3. The number of aromatic nitrogens is 1. The van der Waals surface area contributed by atoms with Gasteiger partial charge in [0, 0.05) is 27.5 Å². The third-order valence-electron chi connectivity index (χ3n) is 7.33. The molecule has 0 saturated carbocycles. The molecule has 2 unspecified atom stereocenters. The molecule has 1 N–H and O–H groups in total. The van der Waals surface area contributed by atoms with Crippen molar-refractivity contribution in [2.24, 2.45) is 0 Å². The number of para-hydroxylation sites is 1. The van der Waals surface area contributed by atoms with Gasteiger partial charge in [-0.2, -0.15) is 0 Å². The number of methoxy groups -OCH3 is 1. The van der Waals surface area contributed by atoms with Crippen molar-refractivity contribution in [2.45, 2.75) is 38.3 Å². The summed E-state index contributed by atoms with van der Waals surface area (Å²) in [5.41, 5.74) is 6.36. The largest absolute Gasteiger partial charge is 0.497 e. The molecule has 2 aliphatic heterocycles. The van der Waals surface area contributed by atoms with E-state index in [0.717, 1.165) is 43.6 Å². The number of carbonyl (C=O) groups excluding carboxylic acids is 1. The Bertz CT molecular complexity index is 1510. The summed E-state index contributed by atoms with van der Waals surface area (Å²) in [5.74, 6) is 1.09. The van der Waals surface area contributed by atoms with E-state index in [1.165, 1.54) is 5.56 Å². The predicted octanol–water partition coefficient (Wildman–Crippen LogP) is 6.71. The Morgan fingerprint density at radius 2 is 1.83 bits per heavy atom. The molecule has 2 atom stereocenters. The fraction of sp³-hybridized carbons (Fsp3) is 0.241. The lowest BCUT2D eigenvalue weighted by atomic mass is 9.89. The number of rotatable bonds is 4. The molecule has 4 aromatic rings. The number of benzene rings is 3. The molecule has 5 nitrogen and oxygen atoms in total. The van der Waals surface area contributed by atoms with Crippen molar-refractivity contribution in [3.05, 3.63) is 93.6 Å². The third kappa shape index (κ3) is 3.48. The molecule has 1 saturated heterocycles. The van der Waals surface area contributed by atoms with Crippen LogP contribution in [0.5, 0.6) is 5.75 Å².